The van der Waals surface area contributed by atoms with E-state index in [9.17, 15) is 14.9 Å². The molecule has 0 heterocycles. The van der Waals surface area contributed by atoms with Gasteiger partial charge in [0.25, 0.3) is 5.69 Å². The van der Waals surface area contributed by atoms with Crippen molar-refractivity contribution in [1.29, 1.82) is 0 Å². The van der Waals surface area contributed by atoms with Gasteiger partial charge >= 0.3 is 5.97 Å². The van der Waals surface area contributed by atoms with Gasteiger partial charge in [0.05, 0.1) is 16.3 Å². The summed E-state index contributed by atoms with van der Waals surface area (Å²) in [5.74, 6) is -1.26. The largest absolute Gasteiger partial charge is 0.477 e. The van der Waals surface area contributed by atoms with E-state index in [-0.39, 0.29) is 22.8 Å². The van der Waals surface area contributed by atoms with Crippen LogP contribution in [0.1, 0.15) is 0 Å². The number of rotatable bonds is 4. The highest BCUT2D eigenvalue weighted by Gasteiger charge is 2.11. The van der Waals surface area contributed by atoms with Gasteiger partial charge in [-0.2, -0.15) is 0 Å². The molecule has 0 aromatic heterocycles. The van der Waals surface area contributed by atoms with E-state index in [0.29, 0.717) is 0 Å². The van der Waals surface area contributed by atoms with Gasteiger partial charge in [-0.15, -0.1) is 0 Å². The molecule has 0 unspecified atom stereocenters. The number of non-ortho nitro benzene ring substituents is 1. The monoisotopic (exact) mass is 223 g/mol. The van der Waals surface area contributed by atoms with Crippen LogP contribution in [0.15, 0.2) is 30.5 Å². The van der Waals surface area contributed by atoms with E-state index < -0.39 is 10.9 Å². The zero-order valence-electron chi connectivity index (χ0n) is 8.14. The Balaban J connectivity index is 3.03. The highest BCUT2D eigenvalue weighted by Crippen LogP contribution is 2.25. The first kappa shape index (κ1) is 11.5. The number of aliphatic carboxylic acids is 1. The summed E-state index contributed by atoms with van der Waals surface area (Å²) in [6.07, 6.45) is 0. The minimum atomic E-state index is -1.26. The fourth-order valence-electron chi connectivity index (χ4n) is 0.982. The van der Waals surface area contributed by atoms with Crippen LogP contribution in [0.2, 0.25) is 0 Å². The normalized spacial score (nSPS) is 9.50. The second kappa shape index (κ2) is 4.30. The number of nitro benzene ring substituents is 1. The summed E-state index contributed by atoms with van der Waals surface area (Å²) >= 11 is 0. The lowest BCUT2D eigenvalue weighted by Crippen LogP contribution is -2.10. The number of carboxylic acid groups (broad SMARTS) is 1. The summed E-state index contributed by atoms with van der Waals surface area (Å²) in [5.41, 5.74) is 5.36. The molecule has 0 atom stereocenters. The predicted octanol–water partition coefficient (Wildman–Crippen LogP) is 1.19. The van der Waals surface area contributed by atoms with Gasteiger partial charge in [0.2, 0.25) is 0 Å². The molecule has 4 N–H and O–H groups in total. The molecule has 0 bridgehead atoms. The van der Waals surface area contributed by atoms with Gasteiger partial charge in [-0.05, 0) is 6.07 Å². The van der Waals surface area contributed by atoms with Crippen LogP contribution in [0.3, 0.4) is 0 Å². The number of nitrogens with two attached hydrogens (primary N) is 1. The number of carbonyl (C=O) groups is 1. The van der Waals surface area contributed by atoms with Crippen LogP contribution in [0.25, 0.3) is 0 Å². The predicted molar refractivity (Wildman–Crippen MR) is 57.9 cm³/mol. The standard InChI is InChI=1S/C9H9N3O4/c1-5(9(13)14)11-8-4-6(12(15)16)2-3-7(8)10/h2-4,11H,1,10H2,(H,13,14). The van der Waals surface area contributed by atoms with Crippen LogP contribution in [-0.4, -0.2) is 16.0 Å². The number of benzene rings is 1. The molecule has 16 heavy (non-hydrogen) atoms. The van der Waals surface area contributed by atoms with Crippen molar-refractivity contribution >= 4 is 23.0 Å². The Hall–Kier alpha value is -2.57. The van der Waals surface area contributed by atoms with Gasteiger partial charge in [-0.3, -0.25) is 10.1 Å². The Morgan fingerprint density at radius 2 is 2.19 bits per heavy atom. The molecule has 0 aliphatic heterocycles. The van der Waals surface area contributed by atoms with E-state index in [4.69, 9.17) is 10.8 Å². The summed E-state index contributed by atoms with van der Waals surface area (Å²) in [7, 11) is 0. The fraction of sp³-hybridized carbons (Fsp3) is 0. The molecule has 0 saturated heterocycles. The Bertz CT molecular complexity index is 470. The second-order valence-corrected chi connectivity index (χ2v) is 2.94. The lowest BCUT2D eigenvalue weighted by molar-refractivity contribution is -0.384. The molecule has 0 aliphatic carbocycles. The summed E-state index contributed by atoms with van der Waals surface area (Å²) < 4.78 is 0. The summed E-state index contributed by atoms with van der Waals surface area (Å²) in [5, 5.41) is 21.4. The number of nitro groups is 1. The van der Waals surface area contributed by atoms with Crippen molar-refractivity contribution in [1.82, 2.24) is 0 Å². The van der Waals surface area contributed by atoms with Crippen molar-refractivity contribution in [3.05, 3.63) is 40.6 Å². The zero-order valence-corrected chi connectivity index (χ0v) is 8.14. The zero-order chi connectivity index (χ0) is 12.3. The van der Waals surface area contributed by atoms with E-state index in [2.05, 4.69) is 11.9 Å². The molecular weight excluding hydrogens is 214 g/mol. The summed E-state index contributed by atoms with van der Waals surface area (Å²) in [4.78, 5) is 20.4. The summed E-state index contributed by atoms with van der Waals surface area (Å²) in [6.45, 7) is 3.23. The SMILES string of the molecule is C=C(Nc1cc([N+](=O)[O-])ccc1N)C(=O)O. The Kier molecular flexibility index (Phi) is 3.09. The van der Waals surface area contributed by atoms with Crippen LogP contribution in [0.5, 0.6) is 0 Å². The van der Waals surface area contributed by atoms with Crippen molar-refractivity contribution in [3.63, 3.8) is 0 Å². The number of nitrogens with one attached hydrogen (secondary N) is 1. The van der Waals surface area contributed by atoms with Crippen LogP contribution in [-0.2, 0) is 4.79 Å². The van der Waals surface area contributed by atoms with Gasteiger partial charge in [0, 0.05) is 12.1 Å². The van der Waals surface area contributed by atoms with E-state index in [1.165, 1.54) is 12.1 Å². The molecule has 1 rings (SSSR count). The van der Waals surface area contributed by atoms with Crippen LogP contribution in [0.4, 0.5) is 17.1 Å². The quantitative estimate of drug-likeness (QED) is 0.305. The molecule has 1 aromatic carbocycles. The molecule has 0 saturated carbocycles. The van der Waals surface area contributed by atoms with Crippen LogP contribution < -0.4 is 11.1 Å². The number of nitrogens with zero attached hydrogens (tertiary/aromatic N) is 1. The van der Waals surface area contributed by atoms with Crippen molar-refractivity contribution in [3.8, 4) is 0 Å². The molecular formula is C9H9N3O4. The molecule has 84 valence electrons. The number of nitrogen functional groups attached to an aromatic ring is 1. The second-order valence-electron chi connectivity index (χ2n) is 2.94. The number of hydrogen-bond donors (Lipinski definition) is 3. The highest BCUT2D eigenvalue weighted by atomic mass is 16.6. The average molecular weight is 223 g/mol. The van der Waals surface area contributed by atoms with E-state index in [1.807, 2.05) is 0 Å². The van der Waals surface area contributed by atoms with E-state index in [1.54, 1.807) is 0 Å². The molecule has 1 aromatic rings. The lowest BCUT2D eigenvalue weighted by atomic mass is 10.2. The van der Waals surface area contributed by atoms with Crippen molar-refractivity contribution < 1.29 is 14.8 Å². The van der Waals surface area contributed by atoms with Gasteiger partial charge in [-0.25, -0.2) is 4.79 Å². The third-order valence-electron chi connectivity index (χ3n) is 1.79. The number of carboxylic acids is 1. The molecule has 0 fully saturated rings. The first-order chi connectivity index (χ1) is 7.41. The maximum atomic E-state index is 10.5. The smallest absolute Gasteiger partial charge is 0.351 e. The minimum Gasteiger partial charge on any atom is -0.477 e. The Morgan fingerprint density at radius 3 is 2.69 bits per heavy atom. The molecule has 7 heteroatoms. The molecule has 0 spiro atoms. The molecule has 0 aliphatic rings. The molecule has 0 radical (unpaired) electrons. The summed E-state index contributed by atoms with van der Waals surface area (Å²) in [6, 6.07) is 3.68. The molecule has 0 amide bonds. The first-order valence-corrected chi connectivity index (χ1v) is 4.15. The minimum absolute atomic E-state index is 0.140. The average Bonchev–Trinajstić information content (AvgIpc) is 2.20. The Labute approximate surface area is 90.3 Å². The maximum Gasteiger partial charge on any atom is 0.351 e. The maximum absolute atomic E-state index is 10.5. The fourth-order valence-corrected chi connectivity index (χ4v) is 0.982. The van der Waals surface area contributed by atoms with Gasteiger partial charge in [0.1, 0.15) is 5.70 Å². The van der Waals surface area contributed by atoms with Crippen molar-refractivity contribution in [2.45, 2.75) is 0 Å². The lowest BCUT2D eigenvalue weighted by Gasteiger charge is -2.08. The number of anilines is 2. The Morgan fingerprint density at radius 1 is 1.56 bits per heavy atom. The highest BCUT2D eigenvalue weighted by molar-refractivity contribution is 5.91. The molecule has 7 nitrogen and oxygen atoms in total. The van der Waals surface area contributed by atoms with E-state index >= 15 is 0 Å². The van der Waals surface area contributed by atoms with Crippen LogP contribution >= 0.6 is 0 Å². The van der Waals surface area contributed by atoms with Gasteiger partial charge in [0.15, 0.2) is 0 Å². The number of hydrogen-bond acceptors (Lipinski definition) is 5. The van der Waals surface area contributed by atoms with Gasteiger partial charge in [-0.1, -0.05) is 6.58 Å². The van der Waals surface area contributed by atoms with Gasteiger partial charge < -0.3 is 16.2 Å². The third-order valence-corrected chi connectivity index (χ3v) is 1.79. The topological polar surface area (TPSA) is 118 Å². The van der Waals surface area contributed by atoms with E-state index in [0.717, 1.165) is 6.07 Å². The van der Waals surface area contributed by atoms with Crippen molar-refractivity contribution in [2.24, 2.45) is 0 Å². The third kappa shape index (κ3) is 2.47. The van der Waals surface area contributed by atoms with Crippen molar-refractivity contribution in [2.75, 3.05) is 11.1 Å². The first-order valence-electron chi connectivity index (χ1n) is 4.15. The van der Waals surface area contributed by atoms with Crippen LogP contribution in [0, 0.1) is 10.1 Å².